The first-order valence-corrected chi connectivity index (χ1v) is 7.98. The van der Waals surface area contributed by atoms with Gasteiger partial charge >= 0.3 is 12.2 Å². The molecule has 0 aromatic heterocycles. The lowest BCUT2D eigenvalue weighted by Crippen LogP contribution is -2.43. The molecule has 0 heterocycles. The molecule has 0 saturated heterocycles. The van der Waals surface area contributed by atoms with Gasteiger partial charge in [0.25, 0.3) is 0 Å². The third kappa shape index (κ3) is 6.21. The Balaban J connectivity index is 3.12. The smallest absolute Gasteiger partial charge is 0.424 e. The average Bonchev–Trinajstić information content (AvgIpc) is 2.27. The molecule has 0 saturated carbocycles. The lowest BCUT2D eigenvalue weighted by atomic mass is 10.2. The second-order valence-corrected chi connectivity index (χ2v) is 8.02. The van der Waals surface area contributed by atoms with Crippen LogP contribution in [0.15, 0.2) is 24.3 Å². The Labute approximate surface area is 145 Å². The number of imide groups is 1. The number of amides is 2. The van der Waals surface area contributed by atoms with E-state index in [4.69, 9.17) is 9.47 Å². The number of anilines is 1. The van der Waals surface area contributed by atoms with Crippen molar-refractivity contribution in [3.05, 3.63) is 27.8 Å². The topological polar surface area (TPSA) is 55.8 Å². The molecule has 0 unspecified atom stereocenters. The standard InChI is InChI=1S/C16H22INO4/c1-15(2,3)21-13(19)18(14(20)22-16(4,5)6)12-9-7-11(17)8-10-12/h7-10H,1-6H3. The molecule has 0 bridgehead atoms. The monoisotopic (exact) mass is 419 g/mol. The van der Waals surface area contributed by atoms with Crippen LogP contribution < -0.4 is 4.90 Å². The molecule has 0 spiro atoms. The van der Waals surface area contributed by atoms with E-state index in [1.165, 1.54) is 0 Å². The summed E-state index contributed by atoms with van der Waals surface area (Å²) in [5, 5.41) is 0. The number of benzene rings is 1. The number of carbonyl (C=O) groups is 2. The van der Waals surface area contributed by atoms with Gasteiger partial charge in [-0.25, -0.2) is 9.59 Å². The van der Waals surface area contributed by atoms with Gasteiger partial charge in [0.2, 0.25) is 0 Å². The summed E-state index contributed by atoms with van der Waals surface area (Å²) in [5.41, 5.74) is -1.01. The third-order valence-electron chi connectivity index (χ3n) is 2.24. The summed E-state index contributed by atoms with van der Waals surface area (Å²) in [6, 6.07) is 6.96. The van der Waals surface area contributed by atoms with Crippen molar-refractivity contribution in [3.8, 4) is 0 Å². The summed E-state index contributed by atoms with van der Waals surface area (Å²) < 4.78 is 11.6. The van der Waals surface area contributed by atoms with Crippen molar-refractivity contribution < 1.29 is 19.1 Å². The van der Waals surface area contributed by atoms with E-state index in [0.29, 0.717) is 5.69 Å². The predicted molar refractivity (Wildman–Crippen MR) is 94.1 cm³/mol. The Morgan fingerprint density at radius 1 is 0.864 bits per heavy atom. The van der Waals surface area contributed by atoms with E-state index in [-0.39, 0.29) is 0 Å². The number of halogens is 1. The zero-order chi connectivity index (χ0) is 17.1. The second kappa shape index (κ2) is 6.85. The van der Waals surface area contributed by atoms with Gasteiger partial charge in [-0.05, 0) is 88.4 Å². The van der Waals surface area contributed by atoms with Gasteiger partial charge in [-0.15, -0.1) is 0 Å². The van der Waals surface area contributed by atoms with Gasteiger partial charge in [-0.2, -0.15) is 4.90 Å². The van der Waals surface area contributed by atoms with Crippen molar-refractivity contribution in [1.29, 1.82) is 0 Å². The highest BCUT2D eigenvalue weighted by atomic mass is 127. The number of carbonyl (C=O) groups excluding carboxylic acids is 2. The van der Waals surface area contributed by atoms with Crippen LogP contribution in [0.25, 0.3) is 0 Å². The highest BCUT2D eigenvalue weighted by Crippen LogP contribution is 2.22. The van der Waals surface area contributed by atoms with E-state index in [9.17, 15) is 9.59 Å². The summed E-state index contributed by atoms with van der Waals surface area (Å²) in [5.74, 6) is 0. The number of hydrogen-bond donors (Lipinski definition) is 0. The van der Waals surface area contributed by atoms with Crippen molar-refractivity contribution >= 4 is 40.5 Å². The van der Waals surface area contributed by atoms with Gasteiger partial charge in [0.1, 0.15) is 11.2 Å². The second-order valence-electron chi connectivity index (χ2n) is 6.77. The first-order chi connectivity index (χ1) is 9.89. The Hall–Kier alpha value is -1.31. The van der Waals surface area contributed by atoms with Crippen LogP contribution in [0.2, 0.25) is 0 Å². The van der Waals surface area contributed by atoms with Crippen LogP contribution in [0, 0.1) is 3.57 Å². The van der Waals surface area contributed by atoms with E-state index in [2.05, 4.69) is 22.6 Å². The number of rotatable bonds is 1. The van der Waals surface area contributed by atoms with Crippen LogP contribution in [0.1, 0.15) is 41.5 Å². The average molecular weight is 419 g/mol. The molecule has 2 amide bonds. The summed E-state index contributed by atoms with van der Waals surface area (Å²) in [7, 11) is 0. The van der Waals surface area contributed by atoms with Crippen molar-refractivity contribution in [1.82, 2.24) is 0 Å². The molecule has 1 aromatic rings. The molecule has 0 N–H and O–H groups in total. The van der Waals surface area contributed by atoms with E-state index in [1.54, 1.807) is 65.8 Å². The van der Waals surface area contributed by atoms with Crippen LogP contribution in [0.4, 0.5) is 15.3 Å². The molecule has 1 aromatic carbocycles. The van der Waals surface area contributed by atoms with Crippen LogP contribution in [-0.4, -0.2) is 23.4 Å². The van der Waals surface area contributed by atoms with Crippen LogP contribution in [0.5, 0.6) is 0 Å². The molecule has 0 fully saturated rings. The van der Waals surface area contributed by atoms with E-state index >= 15 is 0 Å². The fourth-order valence-electron chi connectivity index (χ4n) is 1.49. The number of ether oxygens (including phenoxy) is 2. The first kappa shape index (κ1) is 18.7. The maximum absolute atomic E-state index is 12.4. The Bertz CT molecular complexity index is 513. The maximum atomic E-state index is 12.4. The first-order valence-electron chi connectivity index (χ1n) is 6.91. The lowest BCUT2D eigenvalue weighted by Gasteiger charge is -2.28. The van der Waals surface area contributed by atoms with E-state index in [0.717, 1.165) is 8.47 Å². The zero-order valence-corrected chi connectivity index (χ0v) is 15.9. The van der Waals surface area contributed by atoms with Gasteiger partial charge < -0.3 is 9.47 Å². The quantitative estimate of drug-likeness (QED) is 0.604. The molecule has 0 aliphatic rings. The normalized spacial score (nSPS) is 11.8. The van der Waals surface area contributed by atoms with Crippen LogP contribution in [0.3, 0.4) is 0 Å². The van der Waals surface area contributed by atoms with E-state index in [1.807, 2.05) is 0 Å². The van der Waals surface area contributed by atoms with Crippen molar-refractivity contribution in [2.75, 3.05) is 4.90 Å². The molecule has 0 atom stereocenters. The minimum absolute atomic E-state index is 0.406. The molecule has 122 valence electrons. The Morgan fingerprint density at radius 3 is 1.55 bits per heavy atom. The Kier molecular flexibility index (Phi) is 5.83. The fourth-order valence-corrected chi connectivity index (χ4v) is 1.85. The molecule has 0 aliphatic carbocycles. The molecular weight excluding hydrogens is 397 g/mol. The molecule has 6 heteroatoms. The maximum Gasteiger partial charge on any atom is 0.424 e. The van der Waals surface area contributed by atoms with Gasteiger partial charge in [-0.1, -0.05) is 0 Å². The third-order valence-corrected chi connectivity index (χ3v) is 2.96. The van der Waals surface area contributed by atoms with Crippen molar-refractivity contribution in [2.24, 2.45) is 0 Å². The van der Waals surface area contributed by atoms with Gasteiger partial charge in [0.05, 0.1) is 5.69 Å². The molecule has 22 heavy (non-hydrogen) atoms. The minimum Gasteiger partial charge on any atom is -0.443 e. The van der Waals surface area contributed by atoms with E-state index < -0.39 is 23.4 Å². The van der Waals surface area contributed by atoms with Crippen LogP contribution in [-0.2, 0) is 9.47 Å². The predicted octanol–water partition coefficient (Wildman–Crippen LogP) is 4.97. The van der Waals surface area contributed by atoms with Gasteiger partial charge in [0.15, 0.2) is 0 Å². The summed E-state index contributed by atoms with van der Waals surface area (Å²) in [6.45, 7) is 10.5. The summed E-state index contributed by atoms with van der Waals surface area (Å²) in [4.78, 5) is 25.7. The molecule has 5 nitrogen and oxygen atoms in total. The molecule has 1 rings (SSSR count). The summed E-state index contributed by atoms with van der Waals surface area (Å²) in [6.07, 6.45) is -1.52. The highest BCUT2D eigenvalue weighted by molar-refractivity contribution is 14.1. The highest BCUT2D eigenvalue weighted by Gasteiger charge is 2.32. The largest absolute Gasteiger partial charge is 0.443 e. The zero-order valence-electron chi connectivity index (χ0n) is 13.8. The van der Waals surface area contributed by atoms with Gasteiger partial charge in [0, 0.05) is 3.57 Å². The number of hydrogen-bond acceptors (Lipinski definition) is 4. The number of nitrogens with zero attached hydrogens (tertiary/aromatic N) is 1. The van der Waals surface area contributed by atoms with Gasteiger partial charge in [-0.3, -0.25) is 0 Å². The molecule has 0 radical (unpaired) electrons. The minimum atomic E-state index is -0.761. The fraction of sp³-hybridized carbons (Fsp3) is 0.500. The Morgan fingerprint density at radius 2 is 1.23 bits per heavy atom. The SMILES string of the molecule is CC(C)(C)OC(=O)N(C(=O)OC(C)(C)C)c1ccc(I)cc1. The lowest BCUT2D eigenvalue weighted by molar-refractivity contribution is 0.0431. The summed E-state index contributed by atoms with van der Waals surface area (Å²) >= 11 is 2.15. The van der Waals surface area contributed by atoms with Crippen molar-refractivity contribution in [2.45, 2.75) is 52.7 Å². The molecular formula is C16H22INO4. The molecule has 0 aliphatic heterocycles. The van der Waals surface area contributed by atoms with Crippen molar-refractivity contribution in [3.63, 3.8) is 0 Å². The van der Waals surface area contributed by atoms with Crippen LogP contribution >= 0.6 is 22.6 Å².